The van der Waals surface area contributed by atoms with Gasteiger partial charge in [-0.05, 0) is 64.2 Å². The Kier molecular flexibility index (Phi) is 27.9. The van der Waals surface area contributed by atoms with Crippen molar-refractivity contribution in [2.75, 3.05) is 19.8 Å². The van der Waals surface area contributed by atoms with E-state index in [0.717, 1.165) is 77.0 Å². The fourth-order valence-electron chi connectivity index (χ4n) is 7.07. The van der Waals surface area contributed by atoms with Gasteiger partial charge in [0, 0.05) is 12.8 Å². The van der Waals surface area contributed by atoms with E-state index in [1.165, 1.54) is 51.4 Å². The van der Waals surface area contributed by atoms with Crippen LogP contribution in [0.3, 0.4) is 0 Å². The molecule has 0 radical (unpaired) electrons. The normalized spacial score (nSPS) is 27.8. The van der Waals surface area contributed by atoms with Crippen molar-refractivity contribution in [1.82, 2.24) is 0 Å². The SMILES string of the molecule is CCCCCC/C=C\CCCCCCCC(=O)OC[C@H]1O[C@@](CO)(O[C@H]2O[C@H](COC(=O)CCCCCCC/C=C\CCCCCC)[C@@H](O)[C@H](O)[C@H]2O)[C@@H](O)[C@@H]1O. The molecule has 13 heteroatoms. The third kappa shape index (κ3) is 20.3. The maximum absolute atomic E-state index is 12.4. The van der Waals surface area contributed by atoms with E-state index in [9.17, 15) is 40.2 Å². The van der Waals surface area contributed by atoms with Crippen LogP contribution < -0.4 is 0 Å². The van der Waals surface area contributed by atoms with Gasteiger partial charge in [0.1, 0.15) is 62.5 Å². The van der Waals surface area contributed by atoms with Crippen molar-refractivity contribution < 1.29 is 63.9 Å². The molecule has 0 aliphatic carbocycles. The van der Waals surface area contributed by atoms with Crippen LogP contribution in [-0.4, -0.2) is 117 Å². The number of aliphatic hydroxyl groups is 6. The quantitative estimate of drug-likeness (QED) is 0.0248. The van der Waals surface area contributed by atoms with Crippen molar-refractivity contribution in [1.29, 1.82) is 0 Å². The minimum absolute atomic E-state index is 0.167. The summed E-state index contributed by atoms with van der Waals surface area (Å²) in [4.78, 5) is 24.8. The molecule has 2 saturated heterocycles. The molecule has 332 valence electrons. The standard InChI is InChI=1S/C44H78O13/c1-3-5-7-9-11-13-15-17-19-21-23-25-27-29-36(46)53-31-34-38(48)40(50)41(51)43(55-34)57-44(33-45)42(52)39(49)35(56-44)32-54-37(47)30-28-26-24-22-20-18-16-14-12-10-8-6-4-2/h13-16,34-35,38-43,45,48-52H,3-12,17-33H2,1-2H3/b15-13-,16-14-/t34-,35-,38-,39-,40+,41-,42+,43-,44+/m1/s1. The average molecular weight is 815 g/mol. The first-order valence-electron chi connectivity index (χ1n) is 22.2. The monoisotopic (exact) mass is 815 g/mol. The topological polar surface area (TPSA) is 202 Å². The van der Waals surface area contributed by atoms with Gasteiger partial charge in [-0.1, -0.05) is 115 Å². The van der Waals surface area contributed by atoms with Gasteiger partial charge in [-0.15, -0.1) is 0 Å². The molecular formula is C44H78O13. The van der Waals surface area contributed by atoms with E-state index in [-0.39, 0.29) is 12.8 Å². The molecule has 2 heterocycles. The summed E-state index contributed by atoms with van der Waals surface area (Å²) in [6.45, 7) is 2.52. The van der Waals surface area contributed by atoms with Gasteiger partial charge in [0.25, 0.3) is 0 Å². The van der Waals surface area contributed by atoms with Gasteiger partial charge >= 0.3 is 11.9 Å². The lowest BCUT2D eigenvalue weighted by molar-refractivity contribution is -0.383. The van der Waals surface area contributed by atoms with E-state index in [1.807, 2.05) is 0 Å². The minimum Gasteiger partial charge on any atom is -0.463 e. The molecule has 0 saturated carbocycles. The van der Waals surface area contributed by atoms with Gasteiger partial charge in [0.2, 0.25) is 5.79 Å². The summed E-state index contributed by atoms with van der Waals surface area (Å²) in [5, 5.41) is 63.5. The maximum Gasteiger partial charge on any atom is 0.305 e. The first-order valence-corrected chi connectivity index (χ1v) is 22.2. The molecule has 57 heavy (non-hydrogen) atoms. The molecule has 9 atom stereocenters. The lowest BCUT2D eigenvalue weighted by Crippen LogP contribution is -2.62. The Morgan fingerprint density at radius 1 is 0.544 bits per heavy atom. The Labute approximate surface area is 342 Å². The molecule has 2 fully saturated rings. The van der Waals surface area contributed by atoms with Crippen molar-refractivity contribution in [2.24, 2.45) is 0 Å². The van der Waals surface area contributed by atoms with Crippen LogP contribution in [0.1, 0.15) is 168 Å². The molecule has 2 aliphatic heterocycles. The third-order valence-electron chi connectivity index (χ3n) is 10.8. The number of esters is 2. The molecular weight excluding hydrogens is 736 g/mol. The molecule has 2 rings (SSSR count). The van der Waals surface area contributed by atoms with E-state index in [1.54, 1.807) is 0 Å². The number of unbranched alkanes of at least 4 members (excludes halogenated alkanes) is 18. The number of aliphatic hydroxyl groups excluding tert-OH is 6. The molecule has 6 N–H and O–H groups in total. The summed E-state index contributed by atoms with van der Waals surface area (Å²) in [5.41, 5.74) is 0. The maximum atomic E-state index is 12.4. The Morgan fingerprint density at radius 3 is 1.42 bits per heavy atom. The molecule has 0 aromatic carbocycles. The molecule has 0 spiro atoms. The van der Waals surface area contributed by atoms with Gasteiger partial charge in [-0.2, -0.15) is 0 Å². The van der Waals surface area contributed by atoms with Crippen LogP contribution in [0.25, 0.3) is 0 Å². The second-order valence-electron chi connectivity index (χ2n) is 15.8. The van der Waals surface area contributed by atoms with Gasteiger partial charge in [0.05, 0.1) is 0 Å². The van der Waals surface area contributed by atoms with E-state index < -0.39 is 86.6 Å². The Morgan fingerprint density at radius 2 is 0.965 bits per heavy atom. The Balaban J connectivity index is 1.69. The molecule has 0 aromatic rings. The molecule has 13 nitrogen and oxygen atoms in total. The Hall–Kier alpha value is -1.94. The fourth-order valence-corrected chi connectivity index (χ4v) is 7.07. The minimum atomic E-state index is -2.33. The van der Waals surface area contributed by atoms with Crippen molar-refractivity contribution in [3.8, 4) is 0 Å². The summed E-state index contributed by atoms with van der Waals surface area (Å²) < 4.78 is 27.6. The van der Waals surface area contributed by atoms with Crippen LogP contribution in [0, 0.1) is 0 Å². The summed E-state index contributed by atoms with van der Waals surface area (Å²) >= 11 is 0. The van der Waals surface area contributed by atoms with Crippen molar-refractivity contribution >= 4 is 11.9 Å². The highest BCUT2D eigenvalue weighted by Gasteiger charge is 2.58. The van der Waals surface area contributed by atoms with E-state index in [4.69, 9.17) is 23.7 Å². The predicted molar refractivity (Wildman–Crippen MR) is 217 cm³/mol. The zero-order valence-electron chi connectivity index (χ0n) is 35.1. The van der Waals surface area contributed by atoms with Crippen molar-refractivity contribution in [2.45, 2.75) is 223 Å². The molecule has 0 amide bonds. The van der Waals surface area contributed by atoms with Gasteiger partial charge in [-0.25, -0.2) is 0 Å². The molecule has 0 bridgehead atoms. The zero-order chi connectivity index (χ0) is 41.7. The summed E-state index contributed by atoms with van der Waals surface area (Å²) in [5.74, 6) is -3.34. The molecule has 0 unspecified atom stereocenters. The van der Waals surface area contributed by atoms with Crippen LogP contribution in [0.15, 0.2) is 24.3 Å². The smallest absolute Gasteiger partial charge is 0.305 e. The van der Waals surface area contributed by atoms with Crippen LogP contribution in [0.2, 0.25) is 0 Å². The lowest BCUT2D eigenvalue weighted by atomic mass is 9.99. The number of carbonyl (C=O) groups is 2. The number of carbonyl (C=O) groups excluding carboxylic acids is 2. The van der Waals surface area contributed by atoms with Crippen LogP contribution >= 0.6 is 0 Å². The second kappa shape index (κ2) is 31.0. The van der Waals surface area contributed by atoms with E-state index >= 15 is 0 Å². The lowest BCUT2D eigenvalue weighted by Gasteiger charge is -2.43. The molecule has 2 aliphatic rings. The number of hydrogen-bond donors (Lipinski definition) is 6. The highest BCUT2D eigenvalue weighted by Crippen LogP contribution is 2.36. The predicted octanol–water partition coefficient (Wildman–Crippen LogP) is 6.22. The first-order chi connectivity index (χ1) is 27.6. The highest BCUT2D eigenvalue weighted by atomic mass is 16.8. The number of hydrogen-bond acceptors (Lipinski definition) is 13. The third-order valence-corrected chi connectivity index (χ3v) is 10.8. The largest absolute Gasteiger partial charge is 0.463 e. The van der Waals surface area contributed by atoms with Crippen molar-refractivity contribution in [3.05, 3.63) is 24.3 Å². The van der Waals surface area contributed by atoms with Gasteiger partial charge in [0.15, 0.2) is 6.29 Å². The summed E-state index contributed by atoms with van der Waals surface area (Å²) in [7, 11) is 0. The van der Waals surface area contributed by atoms with Gasteiger partial charge < -0.3 is 54.3 Å². The summed E-state index contributed by atoms with van der Waals surface area (Å²) in [6.07, 6.45) is 20.1. The fraction of sp³-hybridized carbons (Fsp3) is 0.864. The average Bonchev–Trinajstić information content (AvgIpc) is 3.44. The van der Waals surface area contributed by atoms with Crippen LogP contribution in [0.5, 0.6) is 0 Å². The van der Waals surface area contributed by atoms with Crippen LogP contribution in [0.4, 0.5) is 0 Å². The number of ether oxygens (including phenoxy) is 5. The van der Waals surface area contributed by atoms with E-state index in [0.29, 0.717) is 12.8 Å². The second-order valence-corrected chi connectivity index (χ2v) is 15.8. The molecule has 0 aromatic heterocycles. The Bertz CT molecular complexity index is 1100. The zero-order valence-corrected chi connectivity index (χ0v) is 35.1. The highest BCUT2D eigenvalue weighted by molar-refractivity contribution is 5.69. The first kappa shape index (κ1) is 51.2. The number of rotatable bonds is 33. The van der Waals surface area contributed by atoms with Crippen LogP contribution in [-0.2, 0) is 33.3 Å². The van der Waals surface area contributed by atoms with Crippen molar-refractivity contribution in [3.63, 3.8) is 0 Å². The number of allylic oxidation sites excluding steroid dienone is 4. The summed E-state index contributed by atoms with van der Waals surface area (Å²) in [6, 6.07) is 0. The van der Waals surface area contributed by atoms with Gasteiger partial charge in [-0.3, -0.25) is 9.59 Å². The van der Waals surface area contributed by atoms with E-state index in [2.05, 4.69) is 38.2 Å².